The van der Waals surface area contributed by atoms with E-state index in [2.05, 4.69) is 51.0 Å². The van der Waals surface area contributed by atoms with Crippen molar-refractivity contribution in [2.24, 2.45) is 11.8 Å². The maximum absolute atomic E-state index is 5.86. The summed E-state index contributed by atoms with van der Waals surface area (Å²) in [5.74, 6) is 3.97. The summed E-state index contributed by atoms with van der Waals surface area (Å²) < 4.78 is 5.86. The molecule has 0 amide bonds. The molecule has 1 aromatic heterocycles. The average Bonchev–Trinajstić information content (AvgIpc) is 2.85. The second kappa shape index (κ2) is 6.10. The molecule has 3 heteroatoms. The van der Waals surface area contributed by atoms with Crippen molar-refractivity contribution in [1.82, 2.24) is 10.2 Å². The van der Waals surface area contributed by atoms with Gasteiger partial charge in [-0.05, 0) is 38.3 Å². The van der Waals surface area contributed by atoms with Gasteiger partial charge in [0, 0.05) is 24.7 Å². The molecule has 1 aromatic rings. The third-order valence-electron chi connectivity index (χ3n) is 4.02. The molecule has 0 spiro atoms. The summed E-state index contributed by atoms with van der Waals surface area (Å²) >= 11 is 0. The first kappa shape index (κ1) is 14.6. The monoisotopic (exact) mass is 264 g/mol. The fourth-order valence-corrected chi connectivity index (χ4v) is 2.54. The molecule has 0 radical (unpaired) electrons. The highest BCUT2D eigenvalue weighted by molar-refractivity contribution is 5.20. The van der Waals surface area contributed by atoms with Crippen LogP contribution in [0.2, 0.25) is 0 Å². The summed E-state index contributed by atoms with van der Waals surface area (Å²) in [6.45, 7) is 11.7. The Morgan fingerprint density at radius 3 is 2.74 bits per heavy atom. The molecular weight excluding hydrogens is 236 g/mol. The Balaban J connectivity index is 1.84. The molecule has 3 nitrogen and oxygen atoms in total. The lowest BCUT2D eigenvalue weighted by Crippen LogP contribution is -2.22. The van der Waals surface area contributed by atoms with Crippen molar-refractivity contribution in [2.75, 3.05) is 13.6 Å². The lowest BCUT2D eigenvalue weighted by atomic mass is 10.2. The second-order valence-electron chi connectivity index (χ2n) is 6.50. The number of rotatable bonds is 7. The fourth-order valence-electron chi connectivity index (χ4n) is 2.54. The SMILES string of the molecule is Cc1oc(CN(C)CC2CC2C)cc1CNC(C)C. The van der Waals surface area contributed by atoms with Gasteiger partial charge in [-0.25, -0.2) is 0 Å². The summed E-state index contributed by atoms with van der Waals surface area (Å²) in [6, 6.07) is 2.72. The van der Waals surface area contributed by atoms with E-state index in [1.807, 2.05) is 0 Å². The first-order valence-electron chi connectivity index (χ1n) is 7.45. The lowest BCUT2D eigenvalue weighted by molar-refractivity contribution is 0.278. The molecule has 1 aliphatic rings. The van der Waals surface area contributed by atoms with Gasteiger partial charge in [0.05, 0.1) is 6.54 Å². The van der Waals surface area contributed by atoms with Crippen molar-refractivity contribution in [3.63, 3.8) is 0 Å². The van der Waals surface area contributed by atoms with Gasteiger partial charge in [0.2, 0.25) is 0 Å². The van der Waals surface area contributed by atoms with Crippen LogP contribution in [0.3, 0.4) is 0 Å². The number of furan rings is 1. The van der Waals surface area contributed by atoms with Gasteiger partial charge in [-0.3, -0.25) is 4.90 Å². The highest BCUT2D eigenvalue weighted by Gasteiger charge is 2.33. The summed E-state index contributed by atoms with van der Waals surface area (Å²) in [4.78, 5) is 2.38. The van der Waals surface area contributed by atoms with Gasteiger partial charge in [0.15, 0.2) is 0 Å². The molecule has 2 atom stereocenters. The molecule has 108 valence electrons. The number of hydrogen-bond acceptors (Lipinski definition) is 3. The summed E-state index contributed by atoms with van der Waals surface area (Å²) in [7, 11) is 2.19. The zero-order chi connectivity index (χ0) is 14.0. The van der Waals surface area contributed by atoms with E-state index in [-0.39, 0.29) is 0 Å². The zero-order valence-electron chi connectivity index (χ0n) is 13.0. The van der Waals surface area contributed by atoms with E-state index in [4.69, 9.17) is 4.42 Å². The number of aryl methyl sites for hydroxylation is 1. The Bertz CT molecular complexity index is 411. The van der Waals surface area contributed by atoms with Crippen molar-refractivity contribution in [1.29, 1.82) is 0 Å². The van der Waals surface area contributed by atoms with Crippen LogP contribution in [0.1, 0.15) is 44.3 Å². The molecule has 1 saturated carbocycles. The van der Waals surface area contributed by atoms with E-state index in [9.17, 15) is 0 Å². The predicted molar refractivity (Wildman–Crippen MR) is 79.0 cm³/mol. The molecule has 1 heterocycles. The van der Waals surface area contributed by atoms with Crippen LogP contribution in [-0.4, -0.2) is 24.5 Å². The van der Waals surface area contributed by atoms with Crippen LogP contribution in [0.15, 0.2) is 10.5 Å². The van der Waals surface area contributed by atoms with Gasteiger partial charge in [-0.2, -0.15) is 0 Å². The third-order valence-corrected chi connectivity index (χ3v) is 4.02. The standard InChI is InChI=1S/C16H28N2O/c1-11(2)17-8-14-7-16(19-13(14)4)10-18(5)9-15-6-12(15)3/h7,11-12,15,17H,6,8-10H2,1-5H3. The molecule has 1 fully saturated rings. The summed E-state index contributed by atoms with van der Waals surface area (Å²) in [5, 5.41) is 3.44. The van der Waals surface area contributed by atoms with E-state index in [1.54, 1.807) is 0 Å². The van der Waals surface area contributed by atoms with Gasteiger partial charge in [-0.1, -0.05) is 20.8 Å². The van der Waals surface area contributed by atoms with Gasteiger partial charge < -0.3 is 9.73 Å². The summed E-state index contributed by atoms with van der Waals surface area (Å²) in [6.07, 6.45) is 1.39. The number of nitrogens with one attached hydrogen (secondary N) is 1. The van der Waals surface area contributed by atoms with Crippen LogP contribution in [0.4, 0.5) is 0 Å². The van der Waals surface area contributed by atoms with Crippen LogP contribution in [0.25, 0.3) is 0 Å². The van der Waals surface area contributed by atoms with Crippen LogP contribution in [0, 0.1) is 18.8 Å². The highest BCUT2D eigenvalue weighted by atomic mass is 16.3. The first-order valence-corrected chi connectivity index (χ1v) is 7.45. The van der Waals surface area contributed by atoms with Gasteiger partial charge in [-0.15, -0.1) is 0 Å². The van der Waals surface area contributed by atoms with E-state index in [0.717, 1.165) is 36.4 Å². The molecule has 2 unspecified atom stereocenters. The van der Waals surface area contributed by atoms with Crippen LogP contribution in [-0.2, 0) is 13.1 Å². The van der Waals surface area contributed by atoms with Crippen molar-refractivity contribution < 1.29 is 4.42 Å². The van der Waals surface area contributed by atoms with Crippen molar-refractivity contribution in [3.05, 3.63) is 23.2 Å². The Labute approximate surface area is 117 Å². The van der Waals surface area contributed by atoms with E-state index in [0.29, 0.717) is 6.04 Å². The highest BCUT2D eigenvalue weighted by Crippen LogP contribution is 2.38. The third kappa shape index (κ3) is 4.36. The minimum atomic E-state index is 0.511. The molecule has 1 N–H and O–H groups in total. The molecule has 19 heavy (non-hydrogen) atoms. The Hall–Kier alpha value is -0.800. The first-order chi connectivity index (χ1) is 8.95. The molecular formula is C16H28N2O. The molecule has 0 aliphatic heterocycles. The van der Waals surface area contributed by atoms with E-state index in [1.165, 1.54) is 18.5 Å². The number of nitrogens with zero attached hydrogens (tertiary/aromatic N) is 1. The quantitative estimate of drug-likeness (QED) is 0.820. The van der Waals surface area contributed by atoms with Crippen molar-refractivity contribution >= 4 is 0 Å². The van der Waals surface area contributed by atoms with Crippen LogP contribution >= 0.6 is 0 Å². The zero-order valence-corrected chi connectivity index (χ0v) is 13.0. The molecule has 1 aliphatic carbocycles. The van der Waals surface area contributed by atoms with Crippen LogP contribution < -0.4 is 5.32 Å². The Kier molecular flexibility index (Phi) is 4.69. The molecule has 0 aromatic carbocycles. The fraction of sp³-hybridized carbons (Fsp3) is 0.750. The number of hydrogen-bond donors (Lipinski definition) is 1. The van der Waals surface area contributed by atoms with Gasteiger partial charge in [0.25, 0.3) is 0 Å². The van der Waals surface area contributed by atoms with Crippen molar-refractivity contribution in [2.45, 2.75) is 53.2 Å². The average molecular weight is 264 g/mol. The molecule has 0 saturated heterocycles. The van der Waals surface area contributed by atoms with E-state index < -0.39 is 0 Å². The van der Waals surface area contributed by atoms with E-state index >= 15 is 0 Å². The smallest absolute Gasteiger partial charge is 0.118 e. The van der Waals surface area contributed by atoms with Crippen LogP contribution in [0.5, 0.6) is 0 Å². The minimum absolute atomic E-state index is 0.511. The minimum Gasteiger partial charge on any atom is -0.465 e. The predicted octanol–water partition coefficient (Wildman–Crippen LogP) is 3.17. The molecule has 2 rings (SSSR count). The Morgan fingerprint density at radius 2 is 2.16 bits per heavy atom. The lowest BCUT2D eigenvalue weighted by Gasteiger charge is -2.14. The second-order valence-corrected chi connectivity index (χ2v) is 6.50. The maximum atomic E-state index is 5.86. The normalized spacial score (nSPS) is 22.5. The largest absolute Gasteiger partial charge is 0.465 e. The van der Waals surface area contributed by atoms with Gasteiger partial charge in [0.1, 0.15) is 11.5 Å². The Morgan fingerprint density at radius 1 is 1.47 bits per heavy atom. The van der Waals surface area contributed by atoms with Crippen molar-refractivity contribution in [3.8, 4) is 0 Å². The topological polar surface area (TPSA) is 28.4 Å². The summed E-state index contributed by atoms with van der Waals surface area (Å²) in [5.41, 5.74) is 1.29. The molecule has 0 bridgehead atoms. The maximum Gasteiger partial charge on any atom is 0.118 e. The van der Waals surface area contributed by atoms with Gasteiger partial charge >= 0.3 is 0 Å².